The summed E-state index contributed by atoms with van der Waals surface area (Å²) in [7, 11) is 1.59. The molecule has 0 atom stereocenters. The van der Waals surface area contributed by atoms with Crippen LogP contribution in [0, 0.1) is 0 Å². The average molecular weight is 451 g/mol. The first kappa shape index (κ1) is 22.6. The van der Waals surface area contributed by atoms with Crippen LogP contribution in [0.2, 0.25) is 5.02 Å². The van der Waals surface area contributed by atoms with E-state index >= 15 is 0 Å². The Balaban J connectivity index is 0.000000352. The number of halogens is 1. The van der Waals surface area contributed by atoms with Crippen LogP contribution in [0.15, 0.2) is 66.9 Å². The van der Waals surface area contributed by atoms with Crippen molar-refractivity contribution in [1.29, 1.82) is 0 Å². The number of carbonyl (C=O) groups is 1. The van der Waals surface area contributed by atoms with E-state index in [9.17, 15) is 9.90 Å². The fourth-order valence-corrected chi connectivity index (χ4v) is 3.16. The van der Waals surface area contributed by atoms with Gasteiger partial charge in [-0.1, -0.05) is 17.7 Å². The Bertz CT molecular complexity index is 1220. The third-order valence-electron chi connectivity index (χ3n) is 4.64. The number of fused-ring (bicyclic) bond motifs is 1. The Morgan fingerprint density at radius 2 is 1.84 bits per heavy atom. The zero-order valence-electron chi connectivity index (χ0n) is 17.3. The number of nitrogens with two attached hydrogens (primary N) is 2. The molecule has 32 heavy (non-hydrogen) atoms. The first-order chi connectivity index (χ1) is 15.4. The van der Waals surface area contributed by atoms with Crippen LogP contribution in [0.1, 0.15) is 15.9 Å². The molecular formula is C23H23ClN6O2. The summed E-state index contributed by atoms with van der Waals surface area (Å²) in [5, 5.41) is 25.4. The number of aromatic hydroxyl groups is 1. The van der Waals surface area contributed by atoms with Crippen LogP contribution < -0.4 is 22.1 Å². The molecule has 0 aliphatic heterocycles. The molecular weight excluding hydrogens is 428 g/mol. The van der Waals surface area contributed by atoms with Crippen LogP contribution in [0.4, 0.5) is 17.2 Å². The van der Waals surface area contributed by atoms with Crippen LogP contribution in [0.3, 0.4) is 0 Å². The summed E-state index contributed by atoms with van der Waals surface area (Å²) in [6.45, 7) is 0.387. The van der Waals surface area contributed by atoms with E-state index in [1.165, 1.54) is 0 Å². The van der Waals surface area contributed by atoms with Gasteiger partial charge < -0.3 is 27.2 Å². The molecule has 1 aromatic heterocycles. The van der Waals surface area contributed by atoms with E-state index in [1.54, 1.807) is 49.6 Å². The van der Waals surface area contributed by atoms with Crippen molar-refractivity contribution in [3.05, 3.63) is 83.0 Å². The van der Waals surface area contributed by atoms with E-state index in [0.29, 0.717) is 34.2 Å². The lowest BCUT2D eigenvalue weighted by atomic mass is 10.0. The van der Waals surface area contributed by atoms with Crippen molar-refractivity contribution in [2.24, 2.45) is 0 Å². The maximum Gasteiger partial charge on any atom is 0.251 e. The number of anilines is 3. The molecule has 4 aromatic rings. The first-order valence-electron chi connectivity index (χ1n) is 9.68. The van der Waals surface area contributed by atoms with E-state index in [-0.39, 0.29) is 11.7 Å². The number of phenols is 1. The Labute approximate surface area is 190 Å². The Hall–Kier alpha value is -4.04. The third-order valence-corrected chi connectivity index (χ3v) is 4.88. The molecule has 0 saturated heterocycles. The number of nitrogen functional groups attached to an aromatic ring is 2. The number of nitrogens with zero attached hydrogens (tertiary/aromatic N) is 2. The minimum atomic E-state index is -0.136. The molecule has 8 nitrogen and oxygen atoms in total. The lowest BCUT2D eigenvalue weighted by molar-refractivity contribution is 0.0963. The number of nitrogens with one attached hydrogen (secondary N) is 2. The Morgan fingerprint density at radius 3 is 2.44 bits per heavy atom. The van der Waals surface area contributed by atoms with Crippen LogP contribution in [0.5, 0.6) is 5.75 Å². The first-order valence-corrected chi connectivity index (χ1v) is 10.1. The van der Waals surface area contributed by atoms with Gasteiger partial charge >= 0.3 is 0 Å². The van der Waals surface area contributed by atoms with Gasteiger partial charge in [-0.25, -0.2) is 0 Å². The quantitative estimate of drug-likeness (QED) is 0.235. The number of amides is 1. The van der Waals surface area contributed by atoms with Gasteiger partial charge in [-0.3, -0.25) is 4.79 Å². The summed E-state index contributed by atoms with van der Waals surface area (Å²) < 4.78 is 0. The van der Waals surface area contributed by atoms with Crippen molar-refractivity contribution in [1.82, 2.24) is 15.5 Å². The monoisotopic (exact) mass is 450 g/mol. The Kier molecular flexibility index (Phi) is 7.30. The number of phenolic OH excluding ortho intramolecular Hbond substituents is 1. The summed E-state index contributed by atoms with van der Waals surface area (Å²) in [6, 6.07) is 17.7. The number of carbonyl (C=O) groups excluding carboxylic acids is 1. The van der Waals surface area contributed by atoms with E-state index in [1.807, 2.05) is 24.3 Å². The van der Waals surface area contributed by atoms with Gasteiger partial charge in [-0.05, 0) is 60.0 Å². The van der Waals surface area contributed by atoms with Gasteiger partial charge in [-0.15, -0.1) is 5.10 Å². The van der Waals surface area contributed by atoms with Crippen LogP contribution >= 0.6 is 11.6 Å². The van der Waals surface area contributed by atoms with E-state index < -0.39 is 0 Å². The standard InChI is InChI=1S/C19H18ClN3O2.C4H5N3/c1-22-19(25)11-2-5-15(6-3-11)23-10-13-8-12-9-14(20)4-7-16(12)17(21)18(13)24;5-4-2-1-3-6-7-4/h2-9,23-24H,10,21H2,1H3,(H,22,25);1-3H,(H2,5,7). The highest BCUT2D eigenvalue weighted by Crippen LogP contribution is 2.35. The van der Waals surface area contributed by atoms with Crippen molar-refractivity contribution >= 4 is 45.5 Å². The lowest BCUT2D eigenvalue weighted by Crippen LogP contribution is -2.17. The maximum absolute atomic E-state index is 11.5. The number of rotatable bonds is 4. The molecule has 0 fully saturated rings. The van der Waals surface area contributed by atoms with Gasteiger partial charge in [0.15, 0.2) is 0 Å². The number of aromatic nitrogens is 2. The molecule has 164 valence electrons. The molecule has 1 amide bonds. The van der Waals surface area contributed by atoms with E-state index in [4.69, 9.17) is 23.1 Å². The molecule has 7 N–H and O–H groups in total. The van der Waals surface area contributed by atoms with Crippen molar-refractivity contribution < 1.29 is 9.90 Å². The van der Waals surface area contributed by atoms with Crippen LogP contribution in [-0.4, -0.2) is 28.3 Å². The predicted octanol–water partition coefficient (Wildman–Crippen LogP) is 3.81. The smallest absolute Gasteiger partial charge is 0.251 e. The van der Waals surface area contributed by atoms with Gasteiger partial charge in [0, 0.05) is 47.0 Å². The Morgan fingerprint density at radius 1 is 1.09 bits per heavy atom. The summed E-state index contributed by atoms with van der Waals surface area (Å²) in [5.74, 6) is 0.384. The largest absolute Gasteiger partial charge is 0.505 e. The molecule has 0 bridgehead atoms. The second-order valence-electron chi connectivity index (χ2n) is 6.82. The van der Waals surface area contributed by atoms with Gasteiger partial charge in [0.25, 0.3) is 5.91 Å². The van der Waals surface area contributed by atoms with Crippen LogP contribution in [-0.2, 0) is 6.54 Å². The second kappa shape index (κ2) is 10.3. The molecule has 9 heteroatoms. The fourth-order valence-electron chi connectivity index (χ4n) is 2.98. The summed E-state index contributed by atoms with van der Waals surface area (Å²) in [4.78, 5) is 11.5. The van der Waals surface area contributed by atoms with E-state index in [2.05, 4.69) is 20.8 Å². The van der Waals surface area contributed by atoms with Crippen molar-refractivity contribution in [2.45, 2.75) is 6.54 Å². The van der Waals surface area contributed by atoms with Crippen molar-refractivity contribution in [2.75, 3.05) is 23.8 Å². The average Bonchev–Trinajstić information content (AvgIpc) is 2.81. The maximum atomic E-state index is 11.5. The molecule has 0 saturated carbocycles. The molecule has 0 radical (unpaired) electrons. The highest BCUT2D eigenvalue weighted by Gasteiger charge is 2.11. The van der Waals surface area contributed by atoms with Crippen molar-refractivity contribution in [3.8, 4) is 5.75 Å². The fraction of sp³-hybridized carbons (Fsp3) is 0.0870. The zero-order valence-corrected chi connectivity index (χ0v) is 18.1. The normalized spacial score (nSPS) is 10.2. The summed E-state index contributed by atoms with van der Waals surface area (Å²) >= 11 is 6.04. The van der Waals surface area contributed by atoms with E-state index in [0.717, 1.165) is 16.5 Å². The molecule has 3 aromatic carbocycles. The molecule has 0 unspecified atom stereocenters. The highest BCUT2D eigenvalue weighted by molar-refractivity contribution is 6.31. The number of hydrogen-bond donors (Lipinski definition) is 5. The summed E-state index contributed by atoms with van der Waals surface area (Å²) in [6.07, 6.45) is 1.58. The molecule has 0 aliphatic carbocycles. The third kappa shape index (κ3) is 5.55. The minimum absolute atomic E-state index is 0.0595. The lowest BCUT2D eigenvalue weighted by Gasteiger charge is -2.13. The van der Waals surface area contributed by atoms with Gasteiger partial charge in [0.1, 0.15) is 11.6 Å². The second-order valence-corrected chi connectivity index (χ2v) is 7.26. The van der Waals surface area contributed by atoms with Gasteiger partial charge in [-0.2, -0.15) is 5.10 Å². The molecule has 1 heterocycles. The highest BCUT2D eigenvalue weighted by atomic mass is 35.5. The van der Waals surface area contributed by atoms with Crippen molar-refractivity contribution in [3.63, 3.8) is 0 Å². The predicted molar refractivity (Wildman–Crippen MR) is 129 cm³/mol. The van der Waals surface area contributed by atoms with Gasteiger partial charge in [0.2, 0.25) is 0 Å². The summed E-state index contributed by atoms with van der Waals surface area (Å²) in [5.41, 5.74) is 13.6. The number of benzene rings is 3. The van der Waals surface area contributed by atoms with Crippen LogP contribution in [0.25, 0.3) is 10.8 Å². The number of hydrogen-bond acceptors (Lipinski definition) is 7. The minimum Gasteiger partial charge on any atom is -0.505 e. The van der Waals surface area contributed by atoms with Gasteiger partial charge in [0.05, 0.1) is 5.69 Å². The molecule has 0 spiro atoms. The SMILES string of the molecule is CNC(=O)c1ccc(NCc2cc3cc(Cl)ccc3c(N)c2O)cc1.Nc1cccnn1. The zero-order chi connectivity index (χ0) is 23.1. The molecule has 0 aliphatic rings. The molecule has 4 rings (SSSR count). The topological polar surface area (TPSA) is 139 Å².